The molecule has 0 saturated carbocycles. The average Bonchev–Trinajstić information content (AvgIpc) is 2.72. The number of aryl methyl sites for hydroxylation is 1. The molecule has 17 heavy (non-hydrogen) atoms. The molecule has 0 amide bonds. The monoisotopic (exact) mass is 255 g/mol. The quantitative estimate of drug-likeness (QED) is 0.797. The van der Waals surface area contributed by atoms with E-state index in [4.69, 9.17) is 5.73 Å². The largest absolute Gasteiger partial charge is 0.352 e. The van der Waals surface area contributed by atoms with Gasteiger partial charge in [-0.25, -0.2) is 8.42 Å². The molecule has 6 heteroatoms. The van der Waals surface area contributed by atoms with Gasteiger partial charge in [-0.05, 0) is 12.5 Å². The first kappa shape index (κ1) is 12.3. The zero-order valence-corrected chi connectivity index (χ0v) is 10.7. The van der Waals surface area contributed by atoms with Crippen LogP contribution in [0.5, 0.6) is 0 Å². The molecule has 0 atom stereocenters. The Kier molecular flexibility index (Phi) is 3.37. The lowest BCUT2D eigenvalue weighted by Crippen LogP contribution is -2.33. The molecule has 0 radical (unpaired) electrons. The fraction of sp³-hybridized carbons (Fsp3) is 0.455. The van der Waals surface area contributed by atoms with E-state index in [-0.39, 0.29) is 0 Å². The van der Waals surface area contributed by atoms with Crippen molar-refractivity contribution in [1.82, 2.24) is 8.87 Å². The Morgan fingerprint density at radius 1 is 1.41 bits per heavy atom. The maximum atomic E-state index is 12.3. The van der Waals surface area contributed by atoms with Crippen LogP contribution < -0.4 is 5.73 Å². The average molecular weight is 255 g/mol. The summed E-state index contributed by atoms with van der Waals surface area (Å²) < 4.78 is 27.9. The van der Waals surface area contributed by atoms with Crippen LogP contribution >= 0.6 is 0 Å². The van der Waals surface area contributed by atoms with Gasteiger partial charge in [0.25, 0.3) is 0 Å². The van der Waals surface area contributed by atoms with Crippen LogP contribution in [-0.2, 0) is 23.6 Å². The van der Waals surface area contributed by atoms with Crippen molar-refractivity contribution in [2.75, 3.05) is 13.1 Å². The summed E-state index contributed by atoms with van der Waals surface area (Å²) in [5.74, 6) is 0. The van der Waals surface area contributed by atoms with Gasteiger partial charge in [-0.15, -0.1) is 0 Å². The zero-order valence-electron chi connectivity index (χ0n) is 9.83. The molecule has 0 unspecified atom stereocenters. The Morgan fingerprint density at radius 3 is 2.71 bits per heavy atom. The van der Waals surface area contributed by atoms with E-state index >= 15 is 0 Å². The lowest BCUT2D eigenvalue weighted by atomic mass is 10.3. The van der Waals surface area contributed by atoms with Gasteiger partial charge in [0.1, 0.15) is 4.90 Å². The van der Waals surface area contributed by atoms with Crippen LogP contribution in [0, 0.1) is 0 Å². The van der Waals surface area contributed by atoms with Crippen LogP contribution in [0.4, 0.5) is 0 Å². The first-order valence-corrected chi connectivity index (χ1v) is 7.00. The molecule has 0 spiro atoms. The van der Waals surface area contributed by atoms with Crippen LogP contribution in [0.25, 0.3) is 0 Å². The van der Waals surface area contributed by atoms with Crippen molar-refractivity contribution in [2.24, 2.45) is 12.8 Å². The number of nitrogens with two attached hydrogens (primary N) is 1. The van der Waals surface area contributed by atoms with E-state index in [0.717, 1.165) is 12.1 Å². The third-order valence-corrected chi connectivity index (χ3v) is 4.78. The minimum absolute atomic E-state index is 0.329. The number of sulfonamides is 1. The molecule has 0 fully saturated rings. The second kappa shape index (κ2) is 4.64. The Balaban J connectivity index is 2.33. The van der Waals surface area contributed by atoms with Crippen LogP contribution in [0.15, 0.2) is 29.3 Å². The van der Waals surface area contributed by atoms with E-state index in [1.54, 1.807) is 23.9 Å². The highest BCUT2D eigenvalue weighted by Gasteiger charge is 2.25. The molecule has 1 aliphatic heterocycles. The summed E-state index contributed by atoms with van der Waals surface area (Å²) in [7, 11) is -1.57. The minimum Gasteiger partial charge on any atom is -0.352 e. The van der Waals surface area contributed by atoms with Crippen molar-refractivity contribution in [3.05, 3.63) is 30.1 Å². The standard InChI is InChI=1S/C11H17N3O2S/c1-13-9-11(7-10(13)8-12)17(15,16)14-5-3-2-4-6-14/h2-3,7,9H,4-6,8,12H2,1H3. The molecule has 1 aliphatic rings. The zero-order chi connectivity index (χ0) is 12.5. The van der Waals surface area contributed by atoms with E-state index in [9.17, 15) is 8.42 Å². The number of nitrogens with zero attached hydrogens (tertiary/aromatic N) is 2. The highest BCUT2D eigenvalue weighted by Crippen LogP contribution is 2.20. The normalized spacial score (nSPS) is 17.5. The van der Waals surface area contributed by atoms with Gasteiger partial charge in [0.2, 0.25) is 10.0 Å². The molecule has 94 valence electrons. The van der Waals surface area contributed by atoms with E-state index in [0.29, 0.717) is 24.5 Å². The van der Waals surface area contributed by atoms with E-state index in [1.165, 1.54) is 4.31 Å². The summed E-state index contributed by atoms with van der Waals surface area (Å²) in [6.45, 7) is 1.34. The third kappa shape index (κ3) is 2.29. The summed E-state index contributed by atoms with van der Waals surface area (Å²) in [4.78, 5) is 0.329. The second-order valence-electron chi connectivity index (χ2n) is 4.11. The van der Waals surface area contributed by atoms with Crippen molar-refractivity contribution in [1.29, 1.82) is 0 Å². The van der Waals surface area contributed by atoms with Gasteiger partial charge in [0.05, 0.1) is 0 Å². The van der Waals surface area contributed by atoms with Crippen molar-refractivity contribution in [2.45, 2.75) is 17.9 Å². The van der Waals surface area contributed by atoms with E-state index in [2.05, 4.69) is 0 Å². The molecule has 2 N–H and O–H groups in total. The molecule has 1 aromatic rings. The van der Waals surface area contributed by atoms with Crippen LogP contribution in [0.1, 0.15) is 12.1 Å². The van der Waals surface area contributed by atoms with Gasteiger partial charge in [-0.1, -0.05) is 12.2 Å². The predicted molar refractivity (Wildman–Crippen MR) is 65.8 cm³/mol. The predicted octanol–water partition coefficient (Wildman–Crippen LogP) is 0.434. The van der Waals surface area contributed by atoms with Crippen LogP contribution in [0.3, 0.4) is 0 Å². The molecule has 0 aliphatic carbocycles. The van der Waals surface area contributed by atoms with Crippen LogP contribution in [-0.4, -0.2) is 30.4 Å². The van der Waals surface area contributed by atoms with E-state index in [1.807, 2.05) is 12.2 Å². The van der Waals surface area contributed by atoms with Crippen molar-refractivity contribution in [3.8, 4) is 0 Å². The molecule has 2 rings (SSSR count). The molecule has 0 aromatic carbocycles. The van der Waals surface area contributed by atoms with Crippen molar-refractivity contribution in [3.63, 3.8) is 0 Å². The maximum absolute atomic E-state index is 12.3. The van der Waals surface area contributed by atoms with Crippen LogP contribution in [0.2, 0.25) is 0 Å². The fourth-order valence-electron chi connectivity index (χ4n) is 1.91. The lowest BCUT2D eigenvalue weighted by Gasteiger charge is -2.21. The van der Waals surface area contributed by atoms with Gasteiger partial charge in [0.15, 0.2) is 0 Å². The summed E-state index contributed by atoms with van der Waals surface area (Å²) in [6.07, 6.45) is 6.28. The lowest BCUT2D eigenvalue weighted by molar-refractivity contribution is 0.437. The number of rotatable bonds is 3. The van der Waals surface area contributed by atoms with Gasteiger partial charge < -0.3 is 10.3 Å². The smallest absolute Gasteiger partial charge is 0.244 e. The van der Waals surface area contributed by atoms with Crippen molar-refractivity contribution < 1.29 is 8.42 Å². The van der Waals surface area contributed by atoms with Gasteiger partial charge >= 0.3 is 0 Å². The van der Waals surface area contributed by atoms with Crippen molar-refractivity contribution >= 4 is 10.0 Å². The Bertz CT molecular complexity index is 531. The second-order valence-corrected chi connectivity index (χ2v) is 6.04. The highest BCUT2D eigenvalue weighted by molar-refractivity contribution is 7.89. The topological polar surface area (TPSA) is 68.3 Å². The number of hydrogen-bond acceptors (Lipinski definition) is 3. The minimum atomic E-state index is -3.37. The fourth-order valence-corrected chi connectivity index (χ4v) is 3.41. The maximum Gasteiger partial charge on any atom is 0.244 e. The summed E-state index contributed by atoms with van der Waals surface area (Å²) in [6, 6.07) is 1.65. The van der Waals surface area contributed by atoms with Gasteiger partial charge in [-0.3, -0.25) is 0 Å². The molecular weight excluding hydrogens is 238 g/mol. The first-order chi connectivity index (χ1) is 8.05. The third-order valence-electron chi connectivity index (χ3n) is 2.95. The molecule has 1 aromatic heterocycles. The van der Waals surface area contributed by atoms with E-state index < -0.39 is 10.0 Å². The molecule has 0 saturated heterocycles. The Labute approximate surface area is 102 Å². The van der Waals surface area contributed by atoms with Gasteiger partial charge in [-0.2, -0.15) is 4.31 Å². The summed E-state index contributed by atoms with van der Waals surface area (Å²) in [5.41, 5.74) is 6.36. The highest BCUT2D eigenvalue weighted by atomic mass is 32.2. The molecule has 5 nitrogen and oxygen atoms in total. The number of hydrogen-bond donors (Lipinski definition) is 1. The summed E-state index contributed by atoms with van der Waals surface area (Å²) in [5, 5.41) is 0. The number of aromatic nitrogens is 1. The van der Waals surface area contributed by atoms with Gasteiger partial charge in [0, 0.05) is 38.6 Å². The molecule has 2 heterocycles. The SMILES string of the molecule is Cn1cc(S(=O)(=O)N2CC=CCC2)cc1CN. The molecule has 0 bridgehead atoms. The molecular formula is C11H17N3O2S. The first-order valence-electron chi connectivity index (χ1n) is 5.56. The Morgan fingerprint density at radius 2 is 2.18 bits per heavy atom. The Hall–Kier alpha value is -1.11. The summed E-state index contributed by atoms with van der Waals surface area (Å²) >= 11 is 0.